The molecule has 5 heteroatoms. The minimum Gasteiger partial charge on any atom is -0.457 e. The summed E-state index contributed by atoms with van der Waals surface area (Å²) < 4.78 is 31.6. The summed E-state index contributed by atoms with van der Waals surface area (Å²) in [4.78, 5) is 3.39. The number of aromatic nitrogens is 1. The van der Waals surface area contributed by atoms with E-state index in [2.05, 4.69) is 20.9 Å². The van der Waals surface area contributed by atoms with E-state index in [1.165, 1.54) is 24.4 Å². The SMILES string of the molecule is Fc1cc(Br)cc(Oc2ccnc(F)c2)c1. The molecule has 1 aromatic heterocycles. The van der Waals surface area contributed by atoms with Crippen molar-refractivity contribution in [2.24, 2.45) is 0 Å². The van der Waals surface area contributed by atoms with Gasteiger partial charge in [0, 0.05) is 22.8 Å². The van der Waals surface area contributed by atoms with Crippen molar-refractivity contribution >= 4 is 15.9 Å². The van der Waals surface area contributed by atoms with Gasteiger partial charge in [0.05, 0.1) is 0 Å². The van der Waals surface area contributed by atoms with Crippen LogP contribution in [-0.4, -0.2) is 4.98 Å². The molecule has 2 rings (SSSR count). The van der Waals surface area contributed by atoms with Crippen molar-refractivity contribution < 1.29 is 13.5 Å². The van der Waals surface area contributed by atoms with Crippen LogP contribution in [0.1, 0.15) is 0 Å². The van der Waals surface area contributed by atoms with Crippen molar-refractivity contribution in [3.05, 3.63) is 52.8 Å². The molecule has 0 atom stereocenters. The van der Waals surface area contributed by atoms with Crippen LogP contribution in [0.5, 0.6) is 11.5 Å². The number of hydrogen-bond donors (Lipinski definition) is 0. The van der Waals surface area contributed by atoms with E-state index in [1.54, 1.807) is 6.07 Å². The van der Waals surface area contributed by atoms with E-state index in [0.717, 1.165) is 6.07 Å². The minimum atomic E-state index is -0.645. The third-order valence-corrected chi connectivity index (χ3v) is 2.23. The first-order chi connectivity index (χ1) is 7.63. The highest BCUT2D eigenvalue weighted by atomic mass is 79.9. The van der Waals surface area contributed by atoms with Crippen LogP contribution in [0.15, 0.2) is 41.0 Å². The summed E-state index contributed by atoms with van der Waals surface area (Å²) in [5.41, 5.74) is 0. The van der Waals surface area contributed by atoms with Gasteiger partial charge in [-0.3, -0.25) is 0 Å². The standard InChI is InChI=1S/C11H6BrF2NO/c12-7-3-8(13)5-10(4-7)16-9-1-2-15-11(14)6-9/h1-6H. The topological polar surface area (TPSA) is 22.1 Å². The lowest BCUT2D eigenvalue weighted by atomic mass is 10.3. The van der Waals surface area contributed by atoms with Crippen molar-refractivity contribution in [3.8, 4) is 11.5 Å². The number of nitrogens with zero attached hydrogens (tertiary/aromatic N) is 1. The van der Waals surface area contributed by atoms with Gasteiger partial charge in [0.1, 0.15) is 17.3 Å². The highest BCUT2D eigenvalue weighted by Crippen LogP contribution is 2.25. The van der Waals surface area contributed by atoms with Gasteiger partial charge in [-0.25, -0.2) is 9.37 Å². The Labute approximate surface area is 99.0 Å². The van der Waals surface area contributed by atoms with Crippen LogP contribution in [0.25, 0.3) is 0 Å². The zero-order chi connectivity index (χ0) is 11.5. The Kier molecular flexibility index (Phi) is 3.14. The van der Waals surface area contributed by atoms with Crippen LogP contribution >= 0.6 is 15.9 Å². The molecule has 0 N–H and O–H groups in total. The van der Waals surface area contributed by atoms with Gasteiger partial charge < -0.3 is 4.74 Å². The molecule has 0 spiro atoms. The molecule has 0 unspecified atom stereocenters. The van der Waals surface area contributed by atoms with Gasteiger partial charge in [0.15, 0.2) is 0 Å². The molecule has 16 heavy (non-hydrogen) atoms. The molecule has 0 fully saturated rings. The molecular formula is C11H6BrF2NO. The number of benzene rings is 1. The highest BCUT2D eigenvalue weighted by molar-refractivity contribution is 9.10. The first-order valence-electron chi connectivity index (χ1n) is 4.39. The van der Waals surface area contributed by atoms with Crippen LogP contribution in [0.2, 0.25) is 0 Å². The fourth-order valence-electron chi connectivity index (χ4n) is 1.17. The van der Waals surface area contributed by atoms with Gasteiger partial charge in [-0.1, -0.05) is 15.9 Å². The van der Waals surface area contributed by atoms with Crippen LogP contribution in [0, 0.1) is 11.8 Å². The van der Waals surface area contributed by atoms with Crippen LogP contribution < -0.4 is 4.74 Å². The number of ether oxygens (including phenoxy) is 1. The summed E-state index contributed by atoms with van der Waals surface area (Å²) in [6, 6.07) is 6.71. The second-order valence-corrected chi connectivity index (χ2v) is 3.94. The lowest BCUT2D eigenvalue weighted by Crippen LogP contribution is -1.88. The summed E-state index contributed by atoms with van der Waals surface area (Å²) in [7, 11) is 0. The largest absolute Gasteiger partial charge is 0.457 e. The Morgan fingerprint density at radius 3 is 2.56 bits per heavy atom. The van der Waals surface area contributed by atoms with Crippen molar-refractivity contribution in [2.75, 3.05) is 0 Å². The van der Waals surface area contributed by atoms with Gasteiger partial charge >= 0.3 is 0 Å². The van der Waals surface area contributed by atoms with Crippen molar-refractivity contribution in [3.63, 3.8) is 0 Å². The zero-order valence-corrected chi connectivity index (χ0v) is 9.54. The second-order valence-electron chi connectivity index (χ2n) is 3.02. The second kappa shape index (κ2) is 4.57. The Balaban J connectivity index is 2.27. The molecule has 0 radical (unpaired) electrons. The maximum atomic E-state index is 13.0. The predicted molar refractivity (Wildman–Crippen MR) is 58.4 cm³/mol. The molecule has 0 bridgehead atoms. The molecule has 82 valence electrons. The number of pyridine rings is 1. The zero-order valence-electron chi connectivity index (χ0n) is 7.95. The average molecular weight is 286 g/mol. The average Bonchev–Trinajstić information content (AvgIpc) is 2.15. The maximum absolute atomic E-state index is 13.0. The number of hydrogen-bond acceptors (Lipinski definition) is 2. The van der Waals surface area contributed by atoms with E-state index >= 15 is 0 Å². The normalized spacial score (nSPS) is 10.2. The van der Waals surface area contributed by atoms with Crippen molar-refractivity contribution in [1.82, 2.24) is 4.98 Å². The molecule has 0 saturated carbocycles. The van der Waals surface area contributed by atoms with Crippen LogP contribution in [0.4, 0.5) is 8.78 Å². The van der Waals surface area contributed by atoms with Crippen molar-refractivity contribution in [1.29, 1.82) is 0 Å². The molecule has 0 aliphatic carbocycles. The highest BCUT2D eigenvalue weighted by Gasteiger charge is 2.02. The molecule has 1 aromatic carbocycles. The fourth-order valence-corrected chi connectivity index (χ4v) is 1.62. The molecule has 0 saturated heterocycles. The Morgan fingerprint density at radius 1 is 1.06 bits per heavy atom. The lowest BCUT2D eigenvalue weighted by Gasteiger charge is -2.05. The molecule has 0 aliphatic heterocycles. The van der Waals surface area contributed by atoms with E-state index in [0.29, 0.717) is 4.47 Å². The molecule has 1 heterocycles. The molecule has 0 amide bonds. The number of halogens is 3. The smallest absolute Gasteiger partial charge is 0.216 e. The quantitative estimate of drug-likeness (QED) is 0.781. The summed E-state index contributed by atoms with van der Waals surface area (Å²) >= 11 is 3.13. The van der Waals surface area contributed by atoms with Gasteiger partial charge in [0.25, 0.3) is 0 Å². The van der Waals surface area contributed by atoms with Gasteiger partial charge in [0.2, 0.25) is 5.95 Å². The maximum Gasteiger partial charge on any atom is 0.216 e. The van der Waals surface area contributed by atoms with Gasteiger partial charge in [-0.2, -0.15) is 4.39 Å². The monoisotopic (exact) mass is 285 g/mol. The molecule has 2 nitrogen and oxygen atoms in total. The summed E-state index contributed by atoms with van der Waals surface area (Å²) in [5, 5.41) is 0. The van der Waals surface area contributed by atoms with E-state index in [1.807, 2.05) is 0 Å². The van der Waals surface area contributed by atoms with E-state index in [9.17, 15) is 8.78 Å². The number of rotatable bonds is 2. The summed E-state index contributed by atoms with van der Waals surface area (Å²) in [6.07, 6.45) is 1.28. The minimum absolute atomic E-state index is 0.269. The first-order valence-corrected chi connectivity index (χ1v) is 5.18. The third-order valence-electron chi connectivity index (χ3n) is 1.77. The molecule has 0 aliphatic rings. The van der Waals surface area contributed by atoms with Crippen molar-refractivity contribution in [2.45, 2.75) is 0 Å². The Hall–Kier alpha value is -1.49. The van der Waals surface area contributed by atoms with Crippen LogP contribution in [-0.2, 0) is 0 Å². The predicted octanol–water partition coefficient (Wildman–Crippen LogP) is 3.91. The third kappa shape index (κ3) is 2.76. The molecule has 2 aromatic rings. The van der Waals surface area contributed by atoms with E-state index in [-0.39, 0.29) is 11.5 Å². The summed E-state index contributed by atoms with van der Waals surface area (Å²) in [5.74, 6) is -0.519. The lowest BCUT2D eigenvalue weighted by molar-refractivity contribution is 0.467. The van der Waals surface area contributed by atoms with E-state index in [4.69, 9.17) is 4.74 Å². The first kappa shape index (κ1) is 11.0. The van der Waals surface area contributed by atoms with Gasteiger partial charge in [-0.15, -0.1) is 0 Å². The van der Waals surface area contributed by atoms with E-state index < -0.39 is 11.8 Å². The fraction of sp³-hybridized carbons (Fsp3) is 0. The van der Waals surface area contributed by atoms with Crippen LogP contribution in [0.3, 0.4) is 0 Å². The Morgan fingerprint density at radius 2 is 1.88 bits per heavy atom. The Bertz CT molecular complexity index is 499. The van der Waals surface area contributed by atoms with Gasteiger partial charge in [-0.05, 0) is 18.2 Å². The summed E-state index contributed by atoms with van der Waals surface area (Å²) in [6.45, 7) is 0. The molecular weight excluding hydrogens is 280 g/mol.